The Morgan fingerprint density at radius 3 is 2.92 bits per heavy atom. The van der Waals surface area contributed by atoms with E-state index >= 15 is 0 Å². The van der Waals surface area contributed by atoms with Gasteiger partial charge in [-0.05, 0) is 33.1 Å². The third-order valence-corrected chi connectivity index (χ3v) is 3.19. The van der Waals surface area contributed by atoms with Crippen molar-refractivity contribution in [3.8, 4) is 0 Å². The lowest BCUT2D eigenvalue weighted by Crippen LogP contribution is -2.51. The monoisotopic (exact) mass is 169 g/mol. The van der Waals surface area contributed by atoms with Gasteiger partial charge in [0.15, 0.2) is 0 Å². The highest BCUT2D eigenvalue weighted by molar-refractivity contribution is 4.90. The van der Waals surface area contributed by atoms with Gasteiger partial charge in [-0.15, -0.1) is 0 Å². The van der Waals surface area contributed by atoms with E-state index in [4.69, 9.17) is 4.74 Å². The summed E-state index contributed by atoms with van der Waals surface area (Å²) in [6.45, 7) is 6.67. The standard InChI is InChI=1S/C10H19NO/c1-8(2)11-6-7-12-10-5-3-4-9(10)11/h8-10H,3-7H2,1-2H3/t9-,10-/m1/s1. The Morgan fingerprint density at radius 2 is 2.17 bits per heavy atom. The van der Waals surface area contributed by atoms with E-state index in [0.29, 0.717) is 12.1 Å². The predicted molar refractivity (Wildman–Crippen MR) is 49.2 cm³/mol. The molecule has 0 bridgehead atoms. The molecule has 0 N–H and O–H groups in total. The molecule has 2 rings (SSSR count). The zero-order valence-electron chi connectivity index (χ0n) is 8.12. The highest BCUT2D eigenvalue weighted by Gasteiger charge is 2.36. The molecule has 70 valence electrons. The van der Waals surface area contributed by atoms with Crippen LogP contribution in [0.3, 0.4) is 0 Å². The van der Waals surface area contributed by atoms with Crippen molar-refractivity contribution in [3.63, 3.8) is 0 Å². The first kappa shape index (κ1) is 8.52. The minimum absolute atomic E-state index is 0.557. The van der Waals surface area contributed by atoms with E-state index in [2.05, 4.69) is 18.7 Å². The van der Waals surface area contributed by atoms with Crippen molar-refractivity contribution >= 4 is 0 Å². The molecule has 12 heavy (non-hydrogen) atoms. The second-order valence-corrected chi connectivity index (χ2v) is 4.24. The smallest absolute Gasteiger partial charge is 0.0731 e. The summed E-state index contributed by atoms with van der Waals surface area (Å²) in [7, 11) is 0. The summed E-state index contributed by atoms with van der Waals surface area (Å²) < 4.78 is 5.74. The largest absolute Gasteiger partial charge is 0.375 e. The lowest BCUT2D eigenvalue weighted by Gasteiger charge is -2.40. The van der Waals surface area contributed by atoms with Crippen LogP contribution in [-0.2, 0) is 4.74 Å². The predicted octanol–water partition coefficient (Wildman–Crippen LogP) is 1.65. The van der Waals surface area contributed by atoms with E-state index in [-0.39, 0.29) is 0 Å². The van der Waals surface area contributed by atoms with Crippen molar-refractivity contribution in [1.82, 2.24) is 4.90 Å². The molecule has 1 aliphatic carbocycles. The maximum Gasteiger partial charge on any atom is 0.0731 e. The van der Waals surface area contributed by atoms with Crippen molar-refractivity contribution in [1.29, 1.82) is 0 Å². The molecule has 0 radical (unpaired) electrons. The Morgan fingerprint density at radius 1 is 1.33 bits per heavy atom. The summed E-state index contributed by atoms with van der Waals surface area (Å²) in [6, 6.07) is 1.43. The van der Waals surface area contributed by atoms with Gasteiger partial charge in [-0.3, -0.25) is 4.90 Å². The fourth-order valence-corrected chi connectivity index (χ4v) is 2.60. The molecular formula is C10H19NO. The molecule has 1 saturated carbocycles. The summed E-state index contributed by atoms with van der Waals surface area (Å²) >= 11 is 0. The number of hydrogen-bond donors (Lipinski definition) is 0. The first-order valence-electron chi connectivity index (χ1n) is 5.16. The van der Waals surface area contributed by atoms with Crippen LogP contribution >= 0.6 is 0 Å². The topological polar surface area (TPSA) is 12.5 Å². The van der Waals surface area contributed by atoms with Gasteiger partial charge in [0.25, 0.3) is 0 Å². The summed E-state index contributed by atoms with van der Waals surface area (Å²) in [6.07, 6.45) is 4.55. The second-order valence-electron chi connectivity index (χ2n) is 4.24. The van der Waals surface area contributed by atoms with Gasteiger partial charge in [-0.25, -0.2) is 0 Å². The van der Waals surface area contributed by atoms with E-state index in [1.54, 1.807) is 0 Å². The fraction of sp³-hybridized carbons (Fsp3) is 1.00. The molecule has 0 aromatic rings. The van der Waals surface area contributed by atoms with E-state index in [1.807, 2.05) is 0 Å². The van der Waals surface area contributed by atoms with Crippen LogP contribution in [0.5, 0.6) is 0 Å². The molecule has 0 aromatic carbocycles. The van der Waals surface area contributed by atoms with Crippen molar-refractivity contribution in [2.24, 2.45) is 0 Å². The van der Waals surface area contributed by atoms with Gasteiger partial charge in [0.05, 0.1) is 12.7 Å². The van der Waals surface area contributed by atoms with Gasteiger partial charge in [0.2, 0.25) is 0 Å². The zero-order chi connectivity index (χ0) is 8.55. The Kier molecular flexibility index (Phi) is 2.37. The molecule has 0 unspecified atom stereocenters. The number of morpholine rings is 1. The number of fused-ring (bicyclic) bond motifs is 1. The van der Waals surface area contributed by atoms with Gasteiger partial charge in [-0.1, -0.05) is 0 Å². The Labute approximate surface area is 74.9 Å². The number of ether oxygens (including phenoxy) is 1. The van der Waals surface area contributed by atoms with E-state index in [9.17, 15) is 0 Å². The normalized spacial score (nSPS) is 37.2. The molecule has 1 aliphatic heterocycles. The Balaban J connectivity index is 2.03. The minimum atomic E-state index is 0.557. The Bertz CT molecular complexity index is 158. The zero-order valence-corrected chi connectivity index (χ0v) is 8.12. The van der Waals surface area contributed by atoms with Crippen LogP contribution < -0.4 is 0 Å². The molecule has 2 heteroatoms. The molecule has 1 saturated heterocycles. The number of hydrogen-bond acceptors (Lipinski definition) is 2. The van der Waals surface area contributed by atoms with Crippen LogP contribution in [0, 0.1) is 0 Å². The van der Waals surface area contributed by atoms with Gasteiger partial charge in [0, 0.05) is 18.6 Å². The summed E-state index contributed by atoms with van der Waals surface area (Å²) in [5.74, 6) is 0. The molecule has 1 heterocycles. The molecule has 0 amide bonds. The SMILES string of the molecule is CC(C)N1CCO[C@@H]2CCC[C@H]21. The highest BCUT2D eigenvalue weighted by Crippen LogP contribution is 2.30. The lowest BCUT2D eigenvalue weighted by molar-refractivity contribution is -0.0666. The van der Waals surface area contributed by atoms with Gasteiger partial charge < -0.3 is 4.74 Å². The molecule has 2 aliphatic rings. The fourth-order valence-electron chi connectivity index (χ4n) is 2.60. The van der Waals surface area contributed by atoms with Crippen LogP contribution in [0.2, 0.25) is 0 Å². The molecular weight excluding hydrogens is 150 g/mol. The van der Waals surface area contributed by atoms with E-state index in [0.717, 1.165) is 19.2 Å². The van der Waals surface area contributed by atoms with Crippen LogP contribution in [0.15, 0.2) is 0 Å². The maximum absolute atomic E-state index is 5.74. The van der Waals surface area contributed by atoms with Crippen LogP contribution in [-0.4, -0.2) is 36.2 Å². The summed E-state index contributed by atoms with van der Waals surface area (Å²) in [5.41, 5.74) is 0. The summed E-state index contributed by atoms with van der Waals surface area (Å²) in [4.78, 5) is 2.61. The quantitative estimate of drug-likeness (QED) is 0.592. The molecule has 2 fully saturated rings. The van der Waals surface area contributed by atoms with Crippen molar-refractivity contribution in [2.45, 2.75) is 51.3 Å². The first-order valence-corrected chi connectivity index (χ1v) is 5.16. The molecule has 0 spiro atoms. The van der Waals surface area contributed by atoms with Crippen molar-refractivity contribution in [3.05, 3.63) is 0 Å². The number of nitrogens with zero attached hydrogens (tertiary/aromatic N) is 1. The van der Waals surface area contributed by atoms with Crippen LogP contribution in [0.25, 0.3) is 0 Å². The van der Waals surface area contributed by atoms with Crippen LogP contribution in [0.4, 0.5) is 0 Å². The molecule has 2 nitrogen and oxygen atoms in total. The van der Waals surface area contributed by atoms with Gasteiger partial charge in [0.1, 0.15) is 0 Å². The maximum atomic E-state index is 5.74. The first-order chi connectivity index (χ1) is 5.79. The van der Waals surface area contributed by atoms with Gasteiger partial charge >= 0.3 is 0 Å². The Hall–Kier alpha value is -0.0800. The average Bonchev–Trinajstić information content (AvgIpc) is 2.49. The van der Waals surface area contributed by atoms with Gasteiger partial charge in [-0.2, -0.15) is 0 Å². The molecule has 2 atom stereocenters. The minimum Gasteiger partial charge on any atom is -0.375 e. The lowest BCUT2D eigenvalue weighted by atomic mass is 10.1. The van der Waals surface area contributed by atoms with Crippen molar-refractivity contribution < 1.29 is 4.74 Å². The third-order valence-electron chi connectivity index (χ3n) is 3.19. The molecule has 0 aromatic heterocycles. The highest BCUT2D eigenvalue weighted by atomic mass is 16.5. The van der Waals surface area contributed by atoms with Crippen LogP contribution in [0.1, 0.15) is 33.1 Å². The second kappa shape index (κ2) is 3.35. The van der Waals surface area contributed by atoms with Crippen molar-refractivity contribution in [2.75, 3.05) is 13.2 Å². The average molecular weight is 169 g/mol. The van der Waals surface area contributed by atoms with E-state index in [1.165, 1.54) is 19.3 Å². The third kappa shape index (κ3) is 1.38. The summed E-state index contributed by atoms with van der Waals surface area (Å²) in [5, 5.41) is 0. The van der Waals surface area contributed by atoms with E-state index < -0.39 is 0 Å². The number of rotatable bonds is 1.